The van der Waals surface area contributed by atoms with E-state index >= 15 is 0 Å². The Morgan fingerprint density at radius 2 is 1.85 bits per heavy atom. The summed E-state index contributed by atoms with van der Waals surface area (Å²) in [4.78, 5) is 18.4. The molecule has 1 fully saturated rings. The highest BCUT2D eigenvalue weighted by atomic mass is 16.1. The second kappa shape index (κ2) is 6.46. The predicted molar refractivity (Wildman–Crippen MR) is 83.8 cm³/mol. The summed E-state index contributed by atoms with van der Waals surface area (Å²) in [5.74, 6) is 0.823. The largest absolute Gasteiger partial charge is 0.356 e. The summed E-state index contributed by atoms with van der Waals surface area (Å²) in [7, 11) is 0. The monoisotopic (exact) mass is 282 g/mol. The molecule has 5 heteroatoms. The van der Waals surface area contributed by atoms with Gasteiger partial charge in [-0.3, -0.25) is 4.79 Å². The minimum Gasteiger partial charge on any atom is -0.356 e. The molecular weight excluding hydrogens is 252 g/mol. The lowest BCUT2D eigenvalue weighted by Gasteiger charge is -2.62. The van der Waals surface area contributed by atoms with Gasteiger partial charge in [-0.05, 0) is 27.2 Å². The van der Waals surface area contributed by atoms with Crippen LogP contribution in [0.25, 0.3) is 0 Å². The Balaban J connectivity index is 2.68. The fourth-order valence-electron chi connectivity index (χ4n) is 2.26. The van der Waals surface area contributed by atoms with Gasteiger partial charge in [-0.1, -0.05) is 20.8 Å². The van der Waals surface area contributed by atoms with Crippen LogP contribution in [-0.2, 0) is 4.79 Å². The lowest BCUT2D eigenvalue weighted by Crippen LogP contribution is -2.72. The number of nitrogens with zero attached hydrogens (tertiary/aromatic N) is 2. The smallest absolute Gasteiger partial charge is 0.241 e. The molecule has 0 saturated carbocycles. The molecule has 1 rings (SSSR count). The molecule has 1 aliphatic heterocycles. The fraction of sp³-hybridized carbons (Fsp3) is 0.867. The zero-order valence-electron chi connectivity index (χ0n) is 13.8. The van der Waals surface area contributed by atoms with Gasteiger partial charge in [0.2, 0.25) is 5.91 Å². The molecule has 1 saturated heterocycles. The van der Waals surface area contributed by atoms with Crippen molar-refractivity contribution in [1.29, 1.82) is 0 Å². The highest BCUT2D eigenvalue weighted by molar-refractivity contribution is 5.86. The average Bonchev–Trinajstić information content (AvgIpc) is 2.38. The van der Waals surface area contributed by atoms with Crippen molar-refractivity contribution in [2.75, 3.05) is 26.2 Å². The summed E-state index contributed by atoms with van der Waals surface area (Å²) in [6, 6.07) is 0. The van der Waals surface area contributed by atoms with E-state index in [1.54, 1.807) is 0 Å². The van der Waals surface area contributed by atoms with Gasteiger partial charge in [0, 0.05) is 30.6 Å². The Labute approximate surface area is 123 Å². The van der Waals surface area contributed by atoms with Gasteiger partial charge in [-0.2, -0.15) is 0 Å². The quantitative estimate of drug-likeness (QED) is 0.595. The second-order valence-corrected chi connectivity index (χ2v) is 6.55. The van der Waals surface area contributed by atoms with E-state index in [4.69, 9.17) is 0 Å². The molecule has 20 heavy (non-hydrogen) atoms. The van der Waals surface area contributed by atoms with Crippen LogP contribution >= 0.6 is 0 Å². The fourth-order valence-corrected chi connectivity index (χ4v) is 2.26. The van der Waals surface area contributed by atoms with Gasteiger partial charge in [0.25, 0.3) is 0 Å². The number of aliphatic imine (C=N–C) groups is 1. The van der Waals surface area contributed by atoms with Gasteiger partial charge < -0.3 is 15.5 Å². The number of carbonyl (C=O) groups is 1. The highest BCUT2D eigenvalue weighted by Gasteiger charge is 2.53. The first-order valence-electron chi connectivity index (χ1n) is 7.59. The molecule has 0 spiro atoms. The minimum atomic E-state index is -0.0140. The third-order valence-corrected chi connectivity index (χ3v) is 4.42. The van der Waals surface area contributed by atoms with Crippen molar-refractivity contribution >= 4 is 11.9 Å². The molecule has 0 radical (unpaired) electrons. The molecule has 0 aromatic heterocycles. The van der Waals surface area contributed by atoms with Crippen molar-refractivity contribution in [2.45, 2.75) is 53.5 Å². The molecule has 1 aliphatic rings. The zero-order chi connectivity index (χ0) is 15.4. The molecule has 0 aliphatic carbocycles. The van der Waals surface area contributed by atoms with Crippen LogP contribution in [0.15, 0.2) is 4.99 Å². The molecule has 1 amide bonds. The maximum Gasteiger partial charge on any atom is 0.241 e. The molecule has 0 aromatic carbocycles. The zero-order valence-corrected chi connectivity index (χ0v) is 13.8. The molecule has 0 aromatic rings. The Morgan fingerprint density at radius 3 is 2.30 bits per heavy atom. The van der Waals surface area contributed by atoms with Crippen molar-refractivity contribution in [3.63, 3.8) is 0 Å². The average molecular weight is 282 g/mol. The van der Waals surface area contributed by atoms with Gasteiger partial charge >= 0.3 is 0 Å². The number of amides is 1. The van der Waals surface area contributed by atoms with Crippen LogP contribution in [0.5, 0.6) is 0 Å². The van der Waals surface area contributed by atoms with Crippen molar-refractivity contribution in [3.05, 3.63) is 0 Å². The molecule has 0 atom stereocenters. The highest BCUT2D eigenvalue weighted by Crippen LogP contribution is 2.46. The van der Waals surface area contributed by atoms with Crippen LogP contribution < -0.4 is 10.6 Å². The molecule has 0 unspecified atom stereocenters. The number of likely N-dealkylation sites (tertiary alicyclic amines) is 1. The normalized spacial score (nSPS) is 20.3. The number of nitrogens with one attached hydrogen (secondary N) is 2. The SMILES string of the molecule is CCCNC(=O)CN=C(NCC)N1CC(C)(C)C1(C)C. The number of guanidine groups is 1. The molecule has 5 nitrogen and oxygen atoms in total. The second-order valence-electron chi connectivity index (χ2n) is 6.55. The van der Waals surface area contributed by atoms with E-state index in [0.717, 1.165) is 25.5 Å². The van der Waals surface area contributed by atoms with Crippen LogP contribution in [0, 0.1) is 5.41 Å². The van der Waals surface area contributed by atoms with E-state index in [2.05, 4.69) is 48.2 Å². The summed E-state index contributed by atoms with van der Waals surface area (Å²) in [5.41, 5.74) is 0.307. The Kier molecular flexibility index (Phi) is 5.42. The summed E-state index contributed by atoms with van der Waals surface area (Å²) in [6.07, 6.45) is 0.947. The Morgan fingerprint density at radius 1 is 1.20 bits per heavy atom. The number of rotatable bonds is 5. The summed E-state index contributed by atoms with van der Waals surface area (Å²) in [6.45, 7) is 15.7. The van der Waals surface area contributed by atoms with E-state index in [1.165, 1.54) is 0 Å². The van der Waals surface area contributed by atoms with E-state index in [1.807, 2.05) is 13.8 Å². The Hall–Kier alpha value is -1.26. The summed E-state index contributed by atoms with van der Waals surface area (Å²) >= 11 is 0. The van der Waals surface area contributed by atoms with Gasteiger partial charge in [0.05, 0.1) is 0 Å². The van der Waals surface area contributed by atoms with Crippen LogP contribution in [0.4, 0.5) is 0 Å². The summed E-state index contributed by atoms with van der Waals surface area (Å²) in [5, 5.41) is 6.13. The van der Waals surface area contributed by atoms with Gasteiger partial charge in [-0.25, -0.2) is 4.99 Å². The maximum absolute atomic E-state index is 11.7. The van der Waals surface area contributed by atoms with Crippen molar-refractivity contribution in [2.24, 2.45) is 10.4 Å². The third kappa shape index (κ3) is 3.44. The van der Waals surface area contributed by atoms with Crippen molar-refractivity contribution in [1.82, 2.24) is 15.5 Å². The first-order valence-corrected chi connectivity index (χ1v) is 7.59. The molecule has 2 N–H and O–H groups in total. The van der Waals surface area contributed by atoms with E-state index in [-0.39, 0.29) is 23.4 Å². The molecular formula is C15H30N4O. The number of carbonyl (C=O) groups excluding carboxylic acids is 1. The molecule has 1 heterocycles. The standard InChI is InChI=1S/C15H30N4O/c1-7-9-17-12(20)10-18-13(16-8-2)19-11-14(3,4)15(19,5)6/h7-11H2,1-6H3,(H,16,18)(H,17,20). The lowest BCUT2D eigenvalue weighted by molar-refractivity contribution is -0.119. The lowest BCUT2D eigenvalue weighted by atomic mass is 9.65. The summed E-state index contributed by atoms with van der Waals surface area (Å²) < 4.78 is 0. The van der Waals surface area contributed by atoms with Gasteiger partial charge in [0.15, 0.2) is 5.96 Å². The predicted octanol–water partition coefficient (Wildman–Crippen LogP) is 1.60. The van der Waals surface area contributed by atoms with E-state index in [9.17, 15) is 4.79 Å². The van der Waals surface area contributed by atoms with E-state index < -0.39 is 0 Å². The Bertz CT molecular complexity index is 374. The topological polar surface area (TPSA) is 56.7 Å². The van der Waals surface area contributed by atoms with Crippen LogP contribution in [0.1, 0.15) is 48.0 Å². The van der Waals surface area contributed by atoms with Gasteiger partial charge in [0.1, 0.15) is 6.54 Å². The van der Waals surface area contributed by atoms with Crippen LogP contribution in [0.2, 0.25) is 0 Å². The van der Waals surface area contributed by atoms with Crippen molar-refractivity contribution < 1.29 is 4.79 Å². The van der Waals surface area contributed by atoms with E-state index in [0.29, 0.717) is 6.54 Å². The number of hydrogen-bond donors (Lipinski definition) is 2. The van der Waals surface area contributed by atoms with Gasteiger partial charge in [-0.15, -0.1) is 0 Å². The third-order valence-electron chi connectivity index (χ3n) is 4.42. The number of hydrogen-bond acceptors (Lipinski definition) is 2. The van der Waals surface area contributed by atoms with Crippen LogP contribution in [0.3, 0.4) is 0 Å². The minimum absolute atomic E-state index is 0.0140. The maximum atomic E-state index is 11.7. The van der Waals surface area contributed by atoms with Crippen molar-refractivity contribution in [3.8, 4) is 0 Å². The first-order chi connectivity index (χ1) is 9.26. The first kappa shape index (κ1) is 16.8. The van der Waals surface area contributed by atoms with Crippen LogP contribution in [-0.4, -0.2) is 48.5 Å². The molecule has 0 bridgehead atoms. The molecule has 116 valence electrons.